The van der Waals surface area contributed by atoms with Gasteiger partial charge in [0, 0.05) is 68.7 Å². The molecule has 3 saturated heterocycles. The minimum Gasteiger partial charge on any atom is -0.492 e. The fourth-order valence-corrected chi connectivity index (χ4v) is 8.54. The van der Waals surface area contributed by atoms with Crippen LogP contribution in [0.25, 0.3) is 0 Å². The van der Waals surface area contributed by atoms with Gasteiger partial charge in [-0.15, -0.1) is 0 Å². The molecule has 1 unspecified atom stereocenters. The van der Waals surface area contributed by atoms with E-state index < -0.39 is 41.6 Å². The first-order valence-electron chi connectivity index (χ1n) is 19.6. The number of imide groups is 1. The van der Waals surface area contributed by atoms with Crippen molar-refractivity contribution in [2.24, 2.45) is 5.92 Å². The number of nitrogens with zero attached hydrogens (tertiary/aromatic N) is 5. The summed E-state index contributed by atoms with van der Waals surface area (Å²) in [5.41, 5.74) is -1.21. The summed E-state index contributed by atoms with van der Waals surface area (Å²) in [5, 5.41) is 11.4. The molecule has 3 aromatic rings. The number of halogens is 5. The molecule has 0 aromatic heterocycles. The maximum absolute atomic E-state index is 13.9. The molecule has 3 fully saturated rings. The average Bonchev–Trinajstić information content (AvgIpc) is 3.35. The molecule has 0 aliphatic carbocycles. The Kier molecular flexibility index (Phi) is 13.4. The fourth-order valence-electron chi connectivity index (χ4n) is 8.02. The van der Waals surface area contributed by atoms with Gasteiger partial charge in [0.05, 0.1) is 29.4 Å². The van der Waals surface area contributed by atoms with E-state index in [4.69, 9.17) is 17.0 Å². The normalized spacial score (nSPS) is 20.1. The number of carbonyl (C=O) groups is 4. The third-order valence-corrected chi connectivity index (χ3v) is 11.5. The highest BCUT2D eigenvalue weighted by Gasteiger charge is 2.51. The lowest BCUT2D eigenvalue weighted by Gasteiger charge is -2.39. The predicted molar refractivity (Wildman–Crippen MR) is 217 cm³/mol. The molecule has 11 nitrogen and oxygen atoms in total. The molecular weight excluding hydrogens is 808 g/mol. The van der Waals surface area contributed by atoms with Crippen LogP contribution in [0, 0.1) is 17.2 Å². The number of nitriles is 1. The summed E-state index contributed by atoms with van der Waals surface area (Å²) < 4.78 is 75.1. The summed E-state index contributed by atoms with van der Waals surface area (Å²) >= 11 is 5.62. The Morgan fingerprint density at radius 3 is 2.45 bits per heavy atom. The largest absolute Gasteiger partial charge is 0.492 e. The van der Waals surface area contributed by atoms with Gasteiger partial charge in [0.15, 0.2) is 10.9 Å². The number of hydrogen-bond acceptors (Lipinski definition) is 9. The van der Waals surface area contributed by atoms with Crippen LogP contribution in [0.15, 0.2) is 60.7 Å². The Hall–Kier alpha value is -5.31. The number of nitrogens with one attached hydrogen (secondary N) is 1. The van der Waals surface area contributed by atoms with Gasteiger partial charge in [-0.3, -0.25) is 39.2 Å². The number of carbonyl (C=O) groups excluding carboxylic acids is 4. The van der Waals surface area contributed by atoms with Gasteiger partial charge in [-0.25, -0.2) is 8.78 Å². The molecule has 6 rings (SSSR count). The third kappa shape index (κ3) is 9.99. The Balaban J connectivity index is 1.04. The molecule has 0 bridgehead atoms. The number of ether oxygens (including phenoxy) is 1. The number of piperazine rings is 1. The number of rotatable bonds is 14. The number of thiocarbonyl (C=S) groups is 1. The topological polar surface area (TPSA) is 126 Å². The van der Waals surface area contributed by atoms with Crippen LogP contribution in [0.3, 0.4) is 0 Å². The summed E-state index contributed by atoms with van der Waals surface area (Å²) in [6.07, 6.45) is -6.71. The second-order valence-corrected chi connectivity index (χ2v) is 16.3. The van der Waals surface area contributed by atoms with Gasteiger partial charge in [0.2, 0.25) is 18.2 Å². The fraction of sp³-hybridized carbons (Fsp3) is 0.442. The number of hydrogen-bond donors (Lipinski definition) is 1. The second kappa shape index (κ2) is 18.1. The molecule has 60 heavy (non-hydrogen) atoms. The molecule has 3 amide bonds. The van der Waals surface area contributed by atoms with Gasteiger partial charge in [-0.2, -0.15) is 18.4 Å². The highest BCUT2D eigenvalue weighted by molar-refractivity contribution is 7.81. The zero-order valence-electron chi connectivity index (χ0n) is 33.4. The summed E-state index contributed by atoms with van der Waals surface area (Å²) in [6, 6.07) is 16.6. The number of Topliss-reactive ketones (excluding diaryl/α,β-unsaturated/α-hetero) is 1. The van der Waals surface area contributed by atoms with Crippen LogP contribution < -0.4 is 19.9 Å². The molecule has 17 heteroatoms. The van der Waals surface area contributed by atoms with E-state index in [1.807, 2.05) is 31.2 Å². The number of ketones is 1. The Morgan fingerprint density at radius 2 is 1.77 bits per heavy atom. The van der Waals surface area contributed by atoms with Gasteiger partial charge < -0.3 is 9.64 Å². The molecular formula is C43H45F5N6O5S. The van der Waals surface area contributed by atoms with Gasteiger partial charge in [-0.1, -0.05) is 24.3 Å². The first kappa shape index (κ1) is 44.2. The highest BCUT2D eigenvalue weighted by Crippen LogP contribution is 2.41. The van der Waals surface area contributed by atoms with E-state index in [-0.39, 0.29) is 76.9 Å². The maximum atomic E-state index is 13.9. The number of benzene rings is 3. The van der Waals surface area contributed by atoms with Crippen LogP contribution in [-0.2, 0) is 44.6 Å². The monoisotopic (exact) mass is 852 g/mol. The summed E-state index contributed by atoms with van der Waals surface area (Å²) in [4.78, 5) is 57.2. The Bertz CT molecular complexity index is 2210. The summed E-state index contributed by atoms with van der Waals surface area (Å²) in [7, 11) is 0. The average molecular weight is 853 g/mol. The van der Waals surface area contributed by atoms with E-state index in [9.17, 15) is 46.4 Å². The standard InChI is InChI=1S/C43H45F5N6O5S/c1-26-24-51(13-14-52(26)25-34(55)19-28-6-4-5-27(17-28)18-29-8-12-38(56)50-39(29)57)15-16-59-36-11-10-33(20-31(36)21-37(44)45)54-41(60)53(40(58)42(54,2)3)32-9-7-30(23-49)35(22-32)43(46,47)48/h4-7,9-11,17,20,22,26,29,37H,8,12-16,18-19,21,24-25H2,1-3H3,(H,50,56,57)/t26-,29?/m1/s1. The lowest BCUT2D eigenvalue weighted by molar-refractivity contribution is -0.138. The van der Waals surface area contributed by atoms with Crippen LogP contribution in [-0.4, -0.2) is 95.8 Å². The van der Waals surface area contributed by atoms with Gasteiger partial charge in [-0.05, 0) is 93.4 Å². The molecule has 3 aliphatic rings. The quantitative estimate of drug-likeness (QED) is 0.116. The molecule has 1 N–H and O–H groups in total. The summed E-state index contributed by atoms with van der Waals surface area (Å²) in [6.45, 7) is 7.96. The first-order valence-corrected chi connectivity index (χ1v) is 20.0. The van der Waals surface area contributed by atoms with Gasteiger partial charge in [0.25, 0.3) is 5.91 Å². The SMILES string of the molecule is C[C@@H]1CN(CCOc2ccc(N3C(=S)N(c4ccc(C#N)c(C(F)(F)F)c4)C(=O)C3(C)C)cc2CC(F)F)CCN1CC(=O)Cc1cccc(CC2CCC(=O)NC2=O)c1. The summed E-state index contributed by atoms with van der Waals surface area (Å²) in [5.74, 6) is -1.17. The number of piperidine rings is 1. The molecule has 318 valence electrons. The zero-order chi connectivity index (χ0) is 43.5. The van der Waals surface area contributed by atoms with Crippen LogP contribution in [0.5, 0.6) is 5.75 Å². The smallest absolute Gasteiger partial charge is 0.417 e. The van der Waals surface area contributed by atoms with Gasteiger partial charge in [0.1, 0.15) is 17.9 Å². The van der Waals surface area contributed by atoms with Crippen molar-refractivity contribution in [2.75, 3.05) is 49.1 Å². The number of amides is 3. The van der Waals surface area contributed by atoms with Crippen molar-refractivity contribution >= 4 is 52.2 Å². The van der Waals surface area contributed by atoms with Crippen molar-refractivity contribution in [1.29, 1.82) is 5.26 Å². The van der Waals surface area contributed by atoms with E-state index in [0.717, 1.165) is 22.1 Å². The first-order chi connectivity index (χ1) is 28.3. The van der Waals surface area contributed by atoms with Crippen molar-refractivity contribution in [3.05, 3.63) is 88.5 Å². The lowest BCUT2D eigenvalue weighted by atomic mass is 9.90. The molecule has 0 saturated carbocycles. The van der Waals surface area contributed by atoms with Crippen molar-refractivity contribution in [3.8, 4) is 11.8 Å². The van der Waals surface area contributed by atoms with Crippen molar-refractivity contribution in [1.82, 2.24) is 15.1 Å². The molecule has 3 aromatic carbocycles. The molecule has 0 spiro atoms. The minimum absolute atomic E-state index is 0.0505. The van der Waals surface area contributed by atoms with Crippen molar-refractivity contribution < 1.29 is 45.9 Å². The van der Waals surface area contributed by atoms with Crippen LogP contribution in [0.4, 0.5) is 33.3 Å². The van der Waals surface area contributed by atoms with E-state index in [2.05, 4.69) is 15.1 Å². The van der Waals surface area contributed by atoms with Gasteiger partial charge >= 0.3 is 6.18 Å². The van der Waals surface area contributed by atoms with Crippen molar-refractivity contribution in [3.63, 3.8) is 0 Å². The second-order valence-electron chi connectivity index (χ2n) is 15.9. The van der Waals surface area contributed by atoms with E-state index in [0.29, 0.717) is 51.5 Å². The van der Waals surface area contributed by atoms with Crippen LogP contribution >= 0.6 is 12.2 Å². The molecule has 3 aliphatic heterocycles. The Morgan fingerprint density at radius 1 is 1.03 bits per heavy atom. The van der Waals surface area contributed by atoms with E-state index in [1.54, 1.807) is 6.07 Å². The zero-order valence-corrected chi connectivity index (χ0v) is 34.2. The number of alkyl halides is 5. The third-order valence-electron chi connectivity index (χ3n) is 11.2. The predicted octanol–water partition coefficient (Wildman–Crippen LogP) is 6.09. The molecule has 2 atom stereocenters. The lowest BCUT2D eigenvalue weighted by Crippen LogP contribution is -2.53. The van der Waals surface area contributed by atoms with Crippen LogP contribution in [0.2, 0.25) is 0 Å². The molecule has 0 radical (unpaired) electrons. The number of anilines is 2. The van der Waals surface area contributed by atoms with Crippen molar-refractivity contribution in [2.45, 2.75) is 77.1 Å². The maximum Gasteiger partial charge on any atom is 0.417 e. The molecule has 3 heterocycles. The highest BCUT2D eigenvalue weighted by atomic mass is 32.1. The van der Waals surface area contributed by atoms with Crippen LogP contribution in [0.1, 0.15) is 61.4 Å². The van der Waals surface area contributed by atoms with E-state index >= 15 is 0 Å². The van der Waals surface area contributed by atoms with E-state index in [1.165, 1.54) is 43.0 Å². The Labute approximate surface area is 350 Å². The minimum atomic E-state index is -4.87.